The minimum Gasteiger partial charge on any atom is -0.457 e. The fourth-order valence-corrected chi connectivity index (χ4v) is 5.48. The van der Waals surface area contributed by atoms with Crippen LogP contribution in [0.1, 0.15) is 35.6 Å². The molecule has 2 aliphatic carbocycles. The fraction of sp³-hybridized carbons (Fsp3) is 0.111. The van der Waals surface area contributed by atoms with E-state index in [4.69, 9.17) is 9.47 Å². The maximum absolute atomic E-state index is 11.9. The van der Waals surface area contributed by atoms with Crippen LogP contribution in [0.2, 0.25) is 0 Å². The Bertz CT molecular complexity index is 1780. The van der Waals surface area contributed by atoms with Crippen molar-refractivity contribution < 1.29 is 19.1 Å². The van der Waals surface area contributed by atoms with Gasteiger partial charge < -0.3 is 14.4 Å². The highest BCUT2D eigenvalue weighted by Gasteiger charge is 2.24. The molecule has 0 N–H and O–H groups in total. The lowest BCUT2D eigenvalue weighted by molar-refractivity contribution is -0.140. The van der Waals surface area contributed by atoms with E-state index in [9.17, 15) is 9.59 Å². The first-order valence-electron chi connectivity index (χ1n) is 13.5. The molecule has 4 aromatic rings. The van der Waals surface area contributed by atoms with E-state index >= 15 is 0 Å². The van der Waals surface area contributed by atoms with Crippen LogP contribution in [0.3, 0.4) is 0 Å². The second-order valence-electron chi connectivity index (χ2n) is 10.2. The molecule has 0 aromatic heterocycles. The Balaban J connectivity index is 1.45. The first-order valence-corrected chi connectivity index (χ1v) is 13.5. The van der Waals surface area contributed by atoms with Gasteiger partial charge >= 0.3 is 11.9 Å². The molecular formula is C36H29NO4. The average Bonchev–Trinajstić information content (AvgIpc) is 3.00. The van der Waals surface area contributed by atoms with Crippen molar-refractivity contribution in [3.05, 3.63) is 132 Å². The van der Waals surface area contributed by atoms with Crippen LogP contribution in [0.4, 0.5) is 17.1 Å². The molecule has 5 heteroatoms. The summed E-state index contributed by atoms with van der Waals surface area (Å²) in [7, 11) is 0. The topological polar surface area (TPSA) is 55.8 Å². The van der Waals surface area contributed by atoms with Crippen molar-refractivity contribution in [1.29, 1.82) is 0 Å². The summed E-state index contributed by atoms with van der Waals surface area (Å²) in [4.78, 5) is 25.8. The summed E-state index contributed by atoms with van der Waals surface area (Å²) in [6.07, 6.45) is 9.72. The van der Waals surface area contributed by atoms with Crippen LogP contribution in [0.15, 0.2) is 110 Å². The molecule has 0 amide bonds. The van der Waals surface area contributed by atoms with Crippen molar-refractivity contribution in [3.8, 4) is 5.75 Å². The number of ether oxygens (including phenoxy) is 2. The monoisotopic (exact) mass is 539 g/mol. The Labute approximate surface area is 239 Å². The molecule has 2 aliphatic rings. The summed E-state index contributed by atoms with van der Waals surface area (Å²) in [5.74, 6) is -0.465. The van der Waals surface area contributed by atoms with Gasteiger partial charge in [-0.3, -0.25) is 0 Å². The van der Waals surface area contributed by atoms with Gasteiger partial charge in [0.2, 0.25) is 0 Å². The smallest absolute Gasteiger partial charge is 0.335 e. The van der Waals surface area contributed by atoms with Crippen molar-refractivity contribution in [2.45, 2.75) is 26.4 Å². The molecule has 0 heterocycles. The van der Waals surface area contributed by atoms with Crippen LogP contribution >= 0.6 is 0 Å². The lowest BCUT2D eigenvalue weighted by Gasteiger charge is -2.31. The highest BCUT2D eigenvalue weighted by Crippen LogP contribution is 2.46. The van der Waals surface area contributed by atoms with E-state index in [2.05, 4.69) is 60.6 Å². The molecule has 0 spiro atoms. The molecular weight excluding hydrogens is 510 g/mol. The van der Waals surface area contributed by atoms with Crippen molar-refractivity contribution in [2.75, 3.05) is 4.90 Å². The van der Waals surface area contributed by atoms with Gasteiger partial charge in [0, 0.05) is 23.0 Å². The number of carbonyl (C=O) groups excluding carboxylic acids is 2. The van der Waals surface area contributed by atoms with Gasteiger partial charge in [0.05, 0.1) is 5.69 Å². The number of allylic oxidation sites excluding steroid dienone is 3. The lowest BCUT2D eigenvalue weighted by atomic mass is 9.81. The number of hydrogen-bond acceptors (Lipinski definition) is 5. The van der Waals surface area contributed by atoms with Crippen LogP contribution in [-0.2, 0) is 27.4 Å². The summed E-state index contributed by atoms with van der Waals surface area (Å²) >= 11 is 0. The van der Waals surface area contributed by atoms with E-state index in [-0.39, 0.29) is 6.61 Å². The van der Waals surface area contributed by atoms with Gasteiger partial charge in [-0.15, -0.1) is 0 Å². The number of esters is 2. The van der Waals surface area contributed by atoms with Crippen LogP contribution in [0.5, 0.6) is 5.75 Å². The van der Waals surface area contributed by atoms with Gasteiger partial charge in [0.15, 0.2) is 0 Å². The number of anilines is 3. The number of rotatable bonds is 8. The standard InChI is InChI=1S/C36H29NO4/c1-4-33(38)41-30-18-16-29(17-19-30)37(28-14-8-24(9-15-28)22-40-36(39)23(2)3)32-21-13-27-11-10-25-6-5-7-26-12-20-31(32)35(27)34(25)26/h4-6,8-19,21H,1-2,7,20,22H2,3H3. The summed E-state index contributed by atoms with van der Waals surface area (Å²) in [6, 6.07) is 24.2. The first kappa shape index (κ1) is 26.1. The molecule has 0 fully saturated rings. The third kappa shape index (κ3) is 4.98. The first-order chi connectivity index (χ1) is 19.9. The fourth-order valence-electron chi connectivity index (χ4n) is 5.48. The zero-order chi connectivity index (χ0) is 28.5. The highest BCUT2D eigenvalue weighted by molar-refractivity contribution is 6.05. The second kappa shape index (κ2) is 10.8. The zero-order valence-corrected chi connectivity index (χ0v) is 22.9. The van der Waals surface area contributed by atoms with Crippen molar-refractivity contribution in [3.63, 3.8) is 0 Å². The Morgan fingerprint density at radius 1 is 0.927 bits per heavy atom. The third-order valence-corrected chi connectivity index (χ3v) is 7.44. The summed E-state index contributed by atoms with van der Waals surface area (Å²) in [5.41, 5.74) is 9.42. The Hall–Kier alpha value is -5.16. The number of nitrogens with zero attached hydrogens (tertiary/aromatic N) is 1. The van der Waals surface area contributed by atoms with Crippen LogP contribution in [0.25, 0.3) is 22.4 Å². The SMILES string of the molecule is C=CC(=O)Oc1ccc(N(c2ccc(COC(=O)C(=C)C)cc2)c2ccc3ccc4c5c3c2CC=C5CC=C4)cc1. The molecule has 0 saturated heterocycles. The maximum Gasteiger partial charge on any atom is 0.335 e. The van der Waals surface area contributed by atoms with E-state index in [1.165, 1.54) is 33.0 Å². The minimum atomic E-state index is -0.502. The Kier molecular flexibility index (Phi) is 6.86. The molecule has 202 valence electrons. The molecule has 6 rings (SSSR count). The van der Waals surface area contributed by atoms with Gasteiger partial charge in [0.1, 0.15) is 12.4 Å². The van der Waals surface area contributed by atoms with Crippen molar-refractivity contribution in [2.24, 2.45) is 0 Å². The minimum absolute atomic E-state index is 0.170. The highest BCUT2D eigenvalue weighted by atomic mass is 16.5. The summed E-state index contributed by atoms with van der Waals surface area (Å²) < 4.78 is 10.7. The summed E-state index contributed by atoms with van der Waals surface area (Å²) in [6.45, 7) is 8.92. The molecule has 0 aliphatic heterocycles. The summed E-state index contributed by atoms with van der Waals surface area (Å²) in [5, 5.41) is 2.52. The largest absolute Gasteiger partial charge is 0.457 e. The van der Waals surface area contributed by atoms with Gasteiger partial charge in [-0.05, 0) is 101 Å². The predicted octanol–water partition coefficient (Wildman–Crippen LogP) is 8.38. The van der Waals surface area contributed by atoms with E-state index in [1.807, 2.05) is 36.4 Å². The van der Waals surface area contributed by atoms with Gasteiger partial charge in [-0.1, -0.05) is 61.7 Å². The second-order valence-corrected chi connectivity index (χ2v) is 10.2. The van der Waals surface area contributed by atoms with Gasteiger partial charge in [-0.2, -0.15) is 0 Å². The number of carbonyl (C=O) groups is 2. The van der Waals surface area contributed by atoms with Crippen LogP contribution in [0, 0.1) is 0 Å². The Morgan fingerprint density at radius 3 is 2.34 bits per heavy atom. The van der Waals surface area contributed by atoms with Crippen LogP contribution in [-0.4, -0.2) is 11.9 Å². The maximum atomic E-state index is 11.9. The van der Waals surface area contributed by atoms with Crippen LogP contribution < -0.4 is 9.64 Å². The van der Waals surface area contributed by atoms with E-state index in [0.717, 1.165) is 41.5 Å². The molecule has 0 unspecified atom stereocenters. The molecule has 0 bridgehead atoms. The molecule has 41 heavy (non-hydrogen) atoms. The zero-order valence-electron chi connectivity index (χ0n) is 22.9. The quantitative estimate of drug-likeness (QED) is 0.128. The van der Waals surface area contributed by atoms with Crippen molar-refractivity contribution >= 4 is 51.4 Å². The number of benzene rings is 4. The number of hydrogen-bond donors (Lipinski definition) is 0. The lowest BCUT2D eigenvalue weighted by Crippen LogP contribution is -2.14. The van der Waals surface area contributed by atoms with E-state index in [1.54, 1.807) is 19.1 Å². The predicted molar refractivity (Wildman–Crippen MR) is 164 cm³/mol. The van der Waals surface area contributed by atoms with E-state index < -0.39 is 11.9 Å². The third-order valence-electron chi connectivity index (χ3n) is 7.44. The van der Waals surface area contributed by atoms with E-state index in [0.29, 0.717) is 11.3 Å². The van der Waals surface area contributed by atoms with Crippen molar-refractivity contribution in [1.82, 2.24) is 0 Å². The molecule has 5 nitrogen and oxygen atoms in total. The van der Waals surface area contributed by atoms with Gasteiger partial charge in [0.25, 0.3) is 0 Å². The average molecular weight is 540 g/mol. The normalized spacial score (nSPS) is 12.9. The molecule has 0 atom stereocenters. The molecule has 4 aromatic carbocycles. The Morgan fingerprint density at radius 2 is 1.63 bits per heavy atom. The molecule has 0 radical (unpaired) electrons. The molecule has 0 saturated carbocycles. The van der Waals surface area contributed by atoms with Gasteiger partial charge in [-0.25, -0.2) is 9.59 Å².